The Morgan fingerprint density at radius 1 is 1.39 bits per heavy atom. The third kappa shape index (κ3) is 3.12. The largest absolute Gasteiger partial charge is 0.388 e. The Bertz CT molecular complexity index is 717. The van der Waals surface area contributed by atoms with Gasteiger partial charge in [-0.15, -0.1) is 5.10 Å². The van der Waals surface area contributed by atoms with Crippen molar-refractivity contribution in [2.24, 2.45) is 0 Å². The first-order valence-corrected chi connectivity index (χ1v) is 7.89. The van der Waals surface area contributed by atoms with Gasteiger partial charge in [0.15, 0.2) is 5.69 Å². The molecular formula is C17H22N4O2. The lowest BCUT2D eigenvalue weighted by molar-refractivity contribution is 0.000114. The first-order chi connectivity index (χ1) is 10.9. The zero-order chi connectivity index (χ0) is 16.6. The molecule has 6 nitrogen and oxygen atoms in total. The molecule has 1 amide bonds. The molecular weight excluding hydrogens is 292 g/mol. The van der Waals surface area contributed by atoms with Crippen LogP contribution in [-0.2, 0) is 0 Å². The number of likely N-dealkylation sites (tertiary alicyclic amines) is 1. The molecule has 3 rings (SSSR count). The Morgan fingerprint density at radius 2 is 2.17 bits per heavy atom. The predicted molar refractivity (Wildman–Crippen MR) is 86.5 cm³/mol. The van der Waals surface area contributed by atoms with E-state index in [1.165, 1.54) is 0 Å². The highest BCUT2D eigenvalue weighted by atomic mass is 16.3. The van der Waals surface area contributed by atoms with Gasteiger partial charge in [-0.05, 0) is 51.3 Å². The number of benzene rings is 1. The highest BCUT2D eigenvalue weighted by Gasteiger charge is 2.39. The summed E-state index contributed by atoms with van der Waals surface area (Å²) in [7, 11) is 0. The number of carbonyl (C=O) groups excluding carboxylic acids is 1. The van der Waals surface area contributed by atoms with Crippen molar-refractivity contribution in [2.45, 2.75) is 45.3 Å². The van der Waals surface area contributed by atoms with Gasteiger partial charge in [0, 0.05) is 6.54 Å². The van der Waals surface area contributed by atoms with Gasteiger partial charge in [0.25, 0.3) is 5.91 Å². The maximum Gasteiger partial charge on any atom is 0.276 e. The van der Waals surface area contributed by atoms with Crippen LogP contribution >= 0.6 is 0 Å². The molecule has 1 atom stereocenters. The Morgan fingerprint density at radius 3 is 2.87 bits per heavy atom. The lowest BCUT2D eigenvalue weighted by Crippen LogP contribution is -2.48. The fraction of sp³-hybridized carbons (Fsp3) is 0.471. The summed E-state index contributed by atoms with van der Waals surface area (Å²) in [5.41, 5.74) is 1.38. The van der Waals surface area contributed by atoms with Crippen LogP contribution in [0.2, 0.25) is 0 Å². The Balaban J connectivity index is 1.84. The summed E-state index contributed by atoms with van der Waals surface area (Å²) in [5.74, 6) is -0.173. The summed E-state index contributed by atoms with van der Waals surface area (Å²) in [4.78, 5) is 14.4. The molecule has 0 radical (unpaired) electrons. The molecule has 1 aromatic heterocycles. The quantitative estimate of drug-likeness (QED) is 0.940. The van der Waals surface area contributed by atoms with Crippen molar-refractivity contribution in [3.63, 3.8) is 0 Å². The first kappa shape index (κ1) is 15.7. The number of aromatic nitrogens is 3. The standard InChI is InChI=1S/C17H22N4O2/c1-12-6-4-7-13(10-12)21-11-14(18-19-21)16(22)20-9-5-8-15(20)17(2,3)23/h4,6-7,10-11,15,23H,5,8-9H2,1-3H3. The van der Waals surface area contributed by atoms with E-state index in [1.807, 2.05) is 31.2 Å². The van der Waals surface area contributed by atoms with Crippen LogP contribution in [-0.4, -0.2) is 49.1 Å². The molecule has 1 aliphatic heterocycles. The molecule has 122 valence electrons. The number of hydrogen-bond donors (Lipinski definition) is 1. The van der Waals surface area contributed by atoms with Gasteiger partial charge in [0.05, 0.1) is 23.5 Å². The van der Waals surface area contributed by atoms with Crippen molar-refractivity contribution in [1.82, 2.24) is 19.9 Å². The van der Waals surface area contributed by atoms with Crippen LogP contribution in [0.5, 0.6) is 0 Å². The van der Waals surface area contributed by atoms with E-state index in [9.17, 15) is 9.90 Å². The molecule has 0 spiro atoms. The van der Waals surface area contributed by atoms with Crippen molar-refractivity contribution < 1.29 is 9.90 Å². The first-order valence-electron chi connectivity index (χ1n) is 7.89. The molecule has 1 fully saturated rings. The number of amides is 1. The average Bonchev–Trinajstić information content (AvgIpc) is 3.15. The maximum absolute atomic E-state index is 12.7. The number of aryl methyl sites for hydroxylation is 1. The lowest BCUT2D eigenvalue weighted by Gasteiger charge is -2.33. The molecule has 1 saturated heterocycles. The van der Waals surface area contributed by atoms with Crippen LogP contribution in [0.15, 0.2) is 30.5 Å². The molecule has 2 aromatic rings. The van der Waals surface area contributed by atoms with Crippen LogP contribution in [0.25, 0.3) is 5.69 Å². The second kappa shape index (κ2) is 5.77. The minimum absolute atomic E-state index is 0.173. The molecule has 0 saturated carbocycles. The van der Waals surface area contributed by atoms with Gasteiger partial charge in [-0.1, -0.05) is 17.3 Å². The van der Waals surface area contributed by atoms with Crippen molar-refractivity contribution in [2.75, 3.05) is 6.54 Å². The minimum atomic E-state index is -0.918. The number of aliphatic hydroxyl groups is 1. The minimum Gasteiger partial charge on any atom is -0.388 e. The van der Waals surface area contributed by atoms with Crippen LogP contribution < -0.4 is 0 Å². The summed E-state index contributed by atoms with van der Waals surface area (Å²) in [6.07, 6.45) is 3.35. The van der Waals surface area contributed by atoms with Gasteiger partial charge in [-0.2, -0.15) is 0 Å². The Hall–Kier alpha value is -2.21. The summed E-state index contributed by atoms with van der Waals surface area (Å²) in [6.45, 7) is 6.13. The van der Waals surface area contributed by atoms with E-state index >= 15 is 0 Å². The van der Waals surface area contributed by atoms with E-state index in [0.717, 1.165) is 24.1 Å². The Kier molecular flexibility index (Phi) is 3.93. The smallest absolute Gasteiger partial charge is 0.276 e. The van der Waals surface area contributed by atoms with Crippen LogP contribution in [0.3, 0.4) is 0 Å². The zero-order valence-electron chi connectivity index (χ0n) is 13.7. The topological polar surface area (TPSA) is 71.2 Å². The fourth-order valence-electron chi connectivity index (χ4n) is 3.15. The molecule has 0 aliphatic carbocycles. The molecule has 6 heteroatoms. The van der Waals surface area contributed by atoms with Crippen LogP contribution in [0.4, 0.5) is 0 Å². The highest BCUT2D eigenvalue weighted by Crippen LogP contribution is 2.28. The van der Waals surface area contributed by atoms with Crippen molar-refractivity contribution in [3.8, 4) is 5.69 Å². The average molecular weight is 314 g/mol. The number of rotatable bonds is 3. The van der Waals surface area contributed by atoms with Gasteiger partial charge >= 0.3 is 0 Å². The van der Waals surface area contributed by atoms with Gasteiger partial charge in [-0.3, -0.25) is 4.79 Å². The predicted octanol–water partition coefficient (Wildman–Crippen LogP) is 1.95. The van der Waals surface area contributed by atoms with E-state index in [0.29, 0.717) is 12.2 Å². The van der Waals surface area contributed by atoms with Crippen molar-refractivity contribution in [1.29, 1.82) is 0 Å². The summed E-state index contributed by atoms with van der Waals surface area (Å²) in [5, 5.41) is 18.3. The Labute approximate surface area is 135 Å². The van der Waals surface area contributed by atoms with Gasteiger partial charge < -0.3 is 10.0 Å². The SMILES string of the molecule is Cc1cccc(-n2cc(C(=O)N3CCCC3C(C)(C)O)nn2)c1. The lowest BCUT2D eigenvalue weighted by atomic mass is 9.96. The van der Waals surface area contributed by atoms with E-state index < -0.39 is 5.60 Å². The second-order valence-corrected chi connectivity index (χ2v) is 6.70. The number of nitrogens with zero attached hydrogens (tertiary/aromatic N) is 4. The number of hydrogen-bond acceptors (Lipinski definition) is 4. The normalized spacial score (nSPS) is 18.4. The summed E-state index contributed by atoms with van der Waals surface area (Å²) in [6, 6.07) is 7.67. The monoisotopic (exact) mass is 314 g/mol. The van der Waals surface area contributed by atoms with E-state index in [2.05, 4.69) is 10.3 Å². The summed E-state index contributed by atoms with van der Waals surface area (Å²) >= 11 is 0. The zero-order valence-corrected chi connectivity index (χ0v) is 13.7. The van der Waals surface area contributed by atoms with Gasteiger partial charge in [0.2, 0.25) is 0 Å². The van der Waals surface area contributed by atoms with Gasteiger partial charge in [0.1, 0.15) is 0 Å². The highest BCUT2D eigenvalue weighted by molar-refractivity contribution is 5.92. The fourth-order valence-corrected chi connectivity index (χ4v) is 3.15. The molecule has 1 unspecified atom stereocenters. The molecule has 23 heavy (non-hydrogen) atoms. The second-order valence-electron chi connectivity index (χ2n) is 6.70. The summed E-state index contributed by atoms with van der Waals surface area (Å²) < 4.78 is 1.61. The third-order valence-corrected chi connectivity index (χ3v) is 4.31. The van der Waals surface area contributed by atoms with Crippen LogP contribution in [0.1, 0.15) is 42.7 Å². The molecule has 2 heterocycles. The van der Waals surface area contributed by atoms with Crippen molar-refractivity contribution >= 4 is 5.91 Å². The third-order valence-electron chi connectivity index (χ3n) is 4.31. The molecule has 1 N–H and O–H groups in total. The molecule has 0 bridgehead atoms. The van der Waals surface area contributed by atoms with E-state index in [1.54, 1.807) is 29.6 Å². The van der Waals surface area contributed by atoms with E-state index in [4.69, 9.17) is 0 Å². The maximum atomic E-state index is 12.7. The molecule has 1 aliphatic rings. The van der Waals surface area contributed by atoms with E-state index in [-0.39, 0.29) is 11.9 Å². The number of carbonyl (C=O) groups is 1. The van der Waals surface area contributed by atoms with Crippen LogP contribution in [0, 0.1) is 6.92 Å². The molecule has 1 aromatic carbocycles. The van der Waals surface area contributed by atoms with Crippen molar-refractivity contribution in [3.05, 3.63) is 41.7 Å². The van der Waals surface area contributed by atoms with Gasteiger partial charge in [-0.25, -0.2) is 4.68 Å².